The van der Waals surface area contributed by atoms with E-state index < -0.39 is 0 Å². The molecular formula is C15H19N5O4. The summed E-state index contributed by atoms with van der Waals surface area (Å²) in [5, 5.41) is 0.706. The lowest BCUT2D eigenvalue weighted by Gasteiger charge is -2.27. The van der Waals surface area contributed by atoms with Crippen molar-refractivity contribution in [2.75, 3.05) is 45.9 Å². The van der Waals surface area contributed by atoms with Gasteiger partial charge in [0.1, 0.15) is 6.33 Å². The zero-order chi connectivity index (χ0) is 16.9. The molecule has 0 bridgehead atoms. The number of hydrazine groups is 1. The maximum absolute atomic E-state index is 12.1. The predicted octanol–water partition coefficient (Wildman–Crippen LogP) is 1.02. The maximum Gasteiger partial charge on any atom is 0.336 e. The van der Waals surface area contributed by atoms with Gasteiger partial charge < -0.3 is 19.1 Å². The summed E-state index contributed by atoms with van der Waals surface area (Å²) < 4.78 is 15.8. The molecule has 128 valence electrons. The normalized spacial score (nSPS) is 14.3. The summed E-state index contributed by atoms with van der Waals surface area (Å²) in [6.07, 6.45) is 1.41. The monoisotopic (exact) mass is 333 g/mol. The highest BCUT2D eigenvalue weighted by molar-refractivity contribution is 5.92. The van der Waals surface area contributed by atoms with Crippen LogP contribution >= 0.6 is 0 Å². The number of hydrogen-bond acceptors (Lipinski definition) is 7. The van der Waals surface area contributed by atoms with Crippen LogP contribution in [0.5, 0.6) is 11.5 Å². The van der Waals surface area contributed by atoms with Gasteiger partial charge >= 0.3 is 6.03 Å². The molecule has 9 nitrogen and oxygen atoms in total. The Morgan fingerprint density at radius 3 is 2.58 bits per heavy atom. The maximum atomic E-state index is 12.1. The Bertz CT molecular complexity index is 733. The van der Waals surface area contributed by atoms with E-state index in [9.17, 15) is 4.79 Å². The molecule has 0 radical (unpaired) electrons. The summed E-state index contributed by atoms with van der Waals surface area (Å²) in [6, 6.07) is 3.29. The van der Waals surface area contributed by atoms with Crippen LogP contribution in [-0.2, 0) is 4.74 Å². The molecule has 9 heteroatoms. The molecule has 24 heavy (non-hydrogen) atoms. The number of aromatic nitrogens is 2. The summed E-state index contributed by atoms with van der Waals surface area (Å²) >= 11 is 0. The van der Waals surface area contributed by atoms with E-state index in [1.54, 1.807) is 31.3 Å². The second-order valence-electron chi connectivity index (χ2n) is 5.10. The minimum Gasteiger partial charge on any atom is -0.493 e. The lowest BCUT2D eigenvalue weighted by Crippen LogP contribution is -2.47. The van der Waals surface area contributed by atoms with Crippen LogP contribution in [-0.4, -0.2) is 61.4 Å². The SMILES string of the molecule is COc1cc2ncnc(NNC(=O)N3CCOCC3)c2cc1OC. The Kier molecular flexibility index (Phi) is 4.80. The van der Waals surface area contributed by atoms with Crippen molar-refractivity contribution in [3.8, 4) is 11.5 Å². The van der Waals surface area contributed by atoms with Crippen molar-refractivity contribution in [2.45, 2.75) is 0 Å². The van der Waals surface area contributed by atoms with Crippen LogP contribution in [0.25, 0.3) is 10.9 Å². The zero-order valence-electron chi connectivity index (χ0n) is 13.5. The van der Waals surface area contributed by atoms with Crippen LogP contribution in [0.15, 0.2) is 18.5 Å². The van der Waals surface area contributed by atoms with Gasteiger partial charge in [-0.15, -0.1) is 0 Å². The van der Waals surface area contributed by atoms with E-state index >= 15 is 0 Å². The Morgan fingerprint density at radius 2 is 1.88 bits per heavy atom. The molecule has 3 rings (SSSR count). The molecular weight excluding hydrogens is 314 g/mol. The minimum absolute atomic E-state index is 0.231. The first kappa shape index (κ1) is 16.1. The average molecular weight is 333 g/mol. The van der Waals surface area contributed by atoms with Gasteiger partial charge in [0.25, 0.3) is 0 Å². The van der Waals surface area contributed by atoms with E-state index in [2.05, 4.69) is 20.8 Å². The number of amides is 2. The highest BCUT2D eigenvalue weighted by Gasteiger charge is 2.17. The fourth-order valence-corrected chi connectivity index (χ4v) is 2.44. The van der Waals surface area contributed by atoms with Gasteiger partial charge in [-0.25, -0.2) is 14.8 Å². The van der Waals surface area contributed by atoms with Crippen LogP contribution in [0.3, 0.4) is 0 Å². The Hall–Kier alpha value is -2.81. The Morgan fingerprint density at radius 1 is 1.17 bits per heavy atom. The highest BCUT2D eigenvalue weighted by atomic mass is 16.5. The fraction of sp³-hybridized carbons (Fsp3) is 0.400. The fourth-order valence-electron chi connectivity index (χ4n) is 2.44. The van der Waals surface area contributed by atoms with Gasteiger partial charge in [0.15, 0.2) is 17.3 Å². The first-order valence-corrected chi connectivity index (χ1v) is 7.48. The van der Waals surface area contributed by atoms with Crippen LogP contribution in [0, 0.1) is 0 Å². The number of ether oxygens (including phenoxy) is 3. The van der Waals surface area contributed by atoms with Gasteiger partial charge in [-0.1, -0.05) is 0 Å². The van der Waals surface area contributed by atoms with Crippen LogP contribution < -0.4 is 20.3 Å². The Balaban J connectivity index is 1.80. The van der Waals surface area contributed by atoms with Crippen molar-refractivity contribution in [2.24, 2.45) is 0 Å². The summed E-state index contributed by atoms with van der Waals surface area (Å²) in [7, 11) is 3.12. The number of fused-ring (bicyclic) bond motifs is 1. The third-order valence-corrected chi connectivity index (χ3v) is 3.73. The van der Waals surface area contributed by atoms with E-state index in [0.717, 1.165) is 0 Å². The number of rotatable bonds is 4. The van der Waals surface area contributed by atoms with E-state index in [1.165, 1.54) is 6.33 Å². The number of nitrogens with one attached hydrogen (secondary N) is 2. The molecule has 2 N–H and O–H groups in total. The number of morpholine rings is 1. The summed E-state index contributed by atoms with van der Waals surface area (Å²) in [5.74, 6) is 1.61. The van der Waals surface area contributed by atoms with Gasteiger partial charge in [0.05, 0.1) is 33.0 Å². The van der Waals surface area contributed by atoms with Crippen molar-refractivity contribution < 1.29 is 19.0 Å². The van der Waals surface area contributed by atoms with E-state index in [1.807, 2.05) is 0 Å². The molecule has 0 unspecified atom stereocenters. The van der Waals surface area contributed by atoms with Crippen LogP contribution in [0.1, 0.15) is 0 Å². The number of hydrogen-bond donors (Lipinski definition) is 2. The van der Waals surface area contributed by atoms with Gasteiger partial charge in [0, 0.05) is 24.5 Å². The molecule has 1 aliphatic heterocycles. The lowest BCUT2D eigenvalue weighted by molar-refractivity contribution is 0.0536. The summed E-state index contributed by atoms with van der Waals surface area (Å²) in [6.45, 7) is 2.20. The highest BCUT2D eigenvalue weighted by Crippen LogP contribution is 2.33. The van der Waals surface area contributed by atoms with E-state index in [0.29, 0.717) is 54.5 Å². The van der Waals surface area contributed by atoms with E-state index in [4.69, 9.17) is 14.2 Å². The molecule has 0 spiro atoms. The van der Waals surface area contributed by atoms with Crippen molar-refractivity contribution >= 4 is 22.8 Å². The van der Waals surface area contributed by atoms with Crippen molar-refractivity contribution in [3.63, 3.8) is 0 Å². The van der Waals surface area contributed by atoms with Crippen LogP contribution in [0.4, 0.5) is 10.6 Å². The summed E-state index contributed by atoms with van der Waals surface area (Å²) in [4.78, 5) is 22.2. The molecule has 1 aromatic carbocycles. The van der Waals surface area contributed by atoms with Gasteiger partial charge in [0.2, 0.25) is 0 Å². The molecule has 2 amide bonds. The Labute approximate surface area is 138 Å². The lowest BCUT2D eigenvalue weighted by atomic mass is 10.2. The quantitative estimate of drug-likeness (QED) is 0.806. The number of methoxy groups -OCH3 is 2. The summed E-state index contributed by atoms with van der Waals surface area (Å²) in [5.41, 5.74) is 6.16. The number of carbonyl (C=O) groups is 1. The average Bonchev–Trinajstić information content (AvgIpc) is 2.65. The smallest absolute Gasteiger partial charge is 0.336 e. The second kappa shape index (κ2) is 7.18. The number of carbonyl (C=O) groups excluding carboxylic acids is 1. The first-order valence-electron chi connectivity index (χ1n) is 7.48. The standard InChI is InChI=1S/C15H19N5O4/c1-22-12-7-10-11(8-13(12)23-2)16-9-17-14(10)18-19-15(21)20-3-5-24-6-4-20/h7-9H,3-6H2,1-2H3,(H,19,21)(H,16,17,18). The molecule has 1 fully saturated rings. The van der Waals surface area contributed by atoms with Gasteiger partial charge in [-0.3, -0.25) is 10.9 Å². The molecule has 0 atom stereocenters. The topological polar surface area (TPSA) is 97.8 Å². The molecule has 1 aliphatic rings. The largest absolute Gasteiger partial charge is 0.493 e. The van der Waals surface area contributed by atoms with Crippen molar-refractivity contribution in [1.29, 1.82) is 0 Å². The zero-order valence-corrected chi connectivity index (χ0v) is 13.5. The third-order valence-electron chi connectivity index (χ3n) is 3.73. The number of urea groups is 1. The van der Waals surface area contributed by atoms with Crippen molar-refractivity contribution in [1.82, 2.24) is 20.3 Å². The van der Waals surface area contributed by atoms with Crippen molar-refractivity contribution in [3.05, 3.63) is 18.5 Å². The van der Waals surface area contributed by atoms with E-state index in [-0.39, 0.29) is 6.03 Å². The molecule has 1 aromatic heterocycles. The molecule has 1 saturated heterocycles. The number of anilines is 1. The first-order chi connectivity index (χ1) is 11.7. The third kappa shape index (κ3) is 3.25. The molecule has 2 aromatic rings. The second-order valence-corrected chi connectivity index (χ2v) is 5.10. The number of nitrogens with zero attached hydrogens (tertiary/aromatic N) is 3. The predicted molar refractivity (Wildman–Crippen MR) is 87.2 cm³/mol. The van der Waals surface area contributed by atoms with Gasteiger partial charge in [-0.05, 0) is 6.07 Å². The molecule has 0 saturated carbocycles. The molecule has 2 heterocycles. The number of benzene rings is 1. The molecule has 0 aliphatic carbocycles. The van der Waals surface area contributed by atoms with Gasteiger partial charge in [-0.2, -0.15) is 0 Å². The van der Waals surface area contributed by atoms with Crippen LogP contribution in [0.2, 0.25) is 0 Å². The minimum atomic E-state index is -0.231.